The van der Waals surface area contributed by atoms with Crippen molar-refractivity contribution in [1.82, 2.24) is 9.97 Å². The quantitative estimate of drug-likeness (QED) is 0.565. The van der Waals surface area contributed by atoms with E-state index in [1.54, 1.807) is 0 Å². The van der Waals surface area contributed by atoms with Gasteiger partial charge < -0.3 is 4.98 Å². The molecule has 1 heterocycles. The molecule has 2 aromatic carbocycles. The Labute approximate surface area is 127 Å². The molecule has 0 saturated heterocycles. The van der Waals surface area contributed by atoms with E-state index < -0.39 is 0 Å². The summed E-state index contributed by atoms with van der Waals surface area (Å²) in [4.78, 5) is 8.04. The molecule has 0 bridgehead atoms. The number of aryl methyl sites for hydroxylation is 1. The maximum Gasteiger partial charge on any atom is 0.138 e. The van der Waals surface area contributed by atoms with Crippen molar-refractivity contribution in [2.24, 2.45) is 0 Å². The highest BCUT2D eigenvalue weighted by atomic mass is 127. The maximum absolute atomic E-state index is 4.67. The summed E-state index contributed by atoms with van der Waals surface area (Å²) in [6, 6.07) is 12.5. The number of nitrogens with zero attached hydrogens (tertiary/aromatic N) is 1. The number of aromatic amines is 1. The number of hydrogen-bond acceptors (Lipinski definition) is 1. The van der Waals surface area contributed by atoms with Crippen LogP contribution < -0.4 is 0 Å². The first-order chi connectivity index (χ1) is 8.63. The summed E-state index contributed by atoms with van der Waals surface area (Å²) < 4.78 is 2.30. The largest absolute Gasteiger partial charge is 0.338 e. The highest BCUT2D eigenvalue weighted by Gasteiger charge is 2.08. The van der Waals surface area contributed by atoms with Crippen LogP contribution in [0.3, 0.4) is 0 Å². The van der Waals surface area contributed by atoms with E-state index in [0.717, 1.165) is 26.9 Å². The predicted octanol–water partition coefficient (Wildman–Crippen LogP) is 4.91. The molecule has 0 fully saturated rings. The zero-order valence-corrected chi connectivity index (χ0v) is 13.4. The van der Waals surface area contributed by atoms with E-state index in [4.69, 9.17) is 0 Å². The Kier molecular flexibility index (Phi) is 3.15. The van der Waals surface area contributed by atoms with Crippen molar-refractivity contribution >= 4 is 49.6 Å². The summed E-state index contributed by atoms with van der Waals surface area (Å²) in [6.07, 6.45) is 0. The van der Waals surface area contributed by atoms with Crippen molar-refractivity contribution in [3.05, 3.63) is 50.0 Å². The number of aromatic nitrogens is 2. The average molecular weight is 413 g/mol. The summed E-state index contributed by atoms with van der Waals surface area (Å²) >= 11 is 5.81. The third kappa shape index (κ3) is 2.19. The third-order valence-electron chi connectivity index (χ3n) is 2.86. The van der Waals surface area contributed by atoms with Gasteiger partial charge in [0.05, 0.1) is 11.0 Å². The Bertz CT molecular complexity index is 716. The van der Waals surface area contributed by atoms with Gasteiger partial charge >= 0.3 is 0 Å². The van der Waals surface area contributed by atoms with Crippen LogP contribution in [0.5, 0.6) is 0 Å². The third-order valence-corrected chi connectivity index (χ3v) is 4.04. The zero-order valence-electron chi connectivity index (χ0n) is 9.67. The van der Waals surface area contributed by atoms with Gasteiger partial charge in [0.1, 0.15) is 5.82 Å². The minimum absolute atomic E-state index is 0.919. The molecule has 3 rings (SSSR count). The average Bonchev–Trinajstić information content (AvgIpc) is 2.74. The Morgan fingerprint density at radius 3 is 2.61 bits per heavy atom. The van der Waals surface area contributed by atoms with E-state index >= 15 is 0 Å². The van der Waals surface area contributed by atoms with Crippen LogP contribution >= 0.6 is 38.5 Å². The molecule has 0 unspecified atom stereocenters. The fourth-order valence-electron chi connectivity index (χ4n) is 1.99. The second-order valence-corrected chi connectivity index (χ2v) is 6.37. The molecule has 0 spiro atoms. The van der Waals surface area contributed by atoms with Crippen molar-refractivity contribution in [3.8, 4) is 11.4 Å². The second-order valence-electron chi connectivity index (χ2n) is 4.21. The molecule has 0 atom stereocenters. The lowest BCUT2D eigenvalue weighted by molar-refractivity contribution is 1.33. The first kappa shape index (κ1) is 12.2. The molecule has 2 nitrogen and oxygen atoms in total. The van der Waals surface area contributed by atoms with Crippen molar-refractivity contribution in [3.63, 3.8) is 0 Å². The first-order valence-corrected chi connectivity index (χ1v) is 7.42. The monoisotopic (exact) mass is 412 g/mol. The van der Waals surface area contributed by atoms with Gasteiger partial charge in [0.25, 0.3) is 0 Å². The van der Waals surface area contributed by atoms with Gasteiger partial charge in [-0.15, -0.1) is 0 Å². The molecule has 0 aliphatic heterocycles. The van der Waals surface area contributed by atoms with Gasteiger partial charge in [-0.05, 0) is 59.3 Å². The second kappa shape index (κ2) is 4.66. The van der Waals surface area contributed by atoms with E-state index in [0.29, 0.717) is 0 Å². The van der Waals surface area contributed by atoms with Crippen LogP contribution in [0.15, 0.2) is 40.9 Å². The van der Waals surface area contributed by atoms with Crippen LogP contribution in [0.2, 0.25) is 0 Å². The van der Waals surface area contributed by atoms with Crippen molar-refractivity contribution < 1.29 is 0 Å². The van der Waals surface area contributed by atoms with Gasteiger partial charge in [0.2, 0.25) is 0 Å². The molecule has 0 aliphatic rings. The Morgan fingerprint density at radius 2 is 1.89 bits per heavy atom. The lowest BCUT2D eigenvalue weighted by Gasteiger charge is -1.95. The maximum atomic E-state index is 4.67. The Balaban J connectivity index is 2.19. The van der Waals surface area contributed by atoms with E-state index in [2.05, 4.69) is 91.8 Å². The number of H-pyrrole nitrogens is 1. The molecule has 1 aromatic heterocycles. The Hall–Kier alpha value is -0.880. The Morgan fingerprint density at radius 1 is 1.17 bits per heavy atom. The number of rotatable bonds is 1. The van der Waals surface area contributed by atoms with E-state index in [-0.39, 0.29) is 0 Å². The van der Waals surface area contributed by atoms with Crippen LogP contribution in [-0.4, -0.2) is 9.97 Å². The minimum Gasteiger partial charge on any atom is -0.338 e. The van der Waals surface area contributed by atoms with Gasteiger partial charge in [-0.3, -0.25) is 0 Å². The van der Waals surface area contributed by atoms with Crippen LogP contribution in [0, 0.1) is 10.5 Å². The molecule has 0 saturated carbocycles. The molecule has 4 heteroatoms. The zero-order chi connectivity index (χ0) is 12.7. The summed E-state index contributed by atoms with van der Waals surface area (Å²) in [6.45, 7) is 2.08. The van der Waals surface area contributed by atoms with Crippen molar-refractivity contribution in [1.29, 1.82) is 0 Å². The fraction of sp³-hybridized carbons (Fsp3) is 0.0714. The first-order valence-electron chi connectivity index (χ1n) is 5.55. The van der Waals surface area contributed by atoms with Crippen molar-refractivity contribution in [2.75, 3.05) is 0 Å². The molecule has 90 valence electrons. The molecule has 0 aliphatic carbocycles. The molecule has 0 radical (unpaired) electrons. The van der Waals surface area contributed by atoms with Gasteiger partial charge in [0.15, 0.2) is 0 Å². The van der Waals surface area contributed by atoms with E-state index in [1.807, 2.05) is 0 Å². The summed E-state index contributed by atoms with van der Waals surface area (Å²) in [5.74, 6) is 0.919. The highest BCUT2D eigenvalue weighted by molar-refractivity contribution is 14.1. The van der Waals surface area contributed by atoms with Gasteiger partial charge in [-0.2, -0.15) is 0 Å². The lowest BCUT2D eigenvalue weighted by atomic mass is 10.2. The summed E-state index contributed by atoms with van der Waals surface area (Å²) in [5.41, 5.74) is 4.39. The predicted molar refractivity (Wildman–Crippen MR) is 86.7 cm³/mol. The van der Waals surface area contributed by atoms with Crippen LogP contribution in [0.4, 0.5) is 0 Å². The number of benzene rings is 2. The van der Waals surface area contributed by atoms with Gasteiger partial charge in [-0.1, -0.05) is 28.1 Å². The van der Waals surface area contributed by atoms with Crippen molar-refractivity contribution in [2.45, 2.75) is 6.92 Å². The van der Waals surface area contributed by atoms with Gasteiger partial charge in [-0.25, -0.2) is 4.98 Å². The summed E-state index contributed by atoms with van der Waals surface area (Å²) in [5, 5.41) is 0. The summed E-state index contributed by atoms with van der Waals surface area (Å²) in [7, 11) is 0. The minimum atomic E-state index is 0.919. The smallest absolute Gasteiger partial charge is 0.138 e. The molecular weight excluding hydrogens is 403 g/mol. The van der Waals surface area contributed by atoms with Crippen LogP contribution in [-0.2, 0) is 0 Å². The fourth-order valence-corrected chi connectivity index (χ4v) is 2.92. The number of halogens is 2. The topological polar surface area (TPSA) is 28.7 Å². The lowest BCUT2D eigenvalue weighted by Crippen LogP contribution is -1.80. The standard InChI is InChI=1S/C14H10BrIN2/c1-8-6-10(15)7-12-13(8)18-14(17-12)9-2-4-11(16)5-3-9/h2-7H,1H3,(H,17,18). The normalized spacial score (nSPS) is 11.1. The van der Waals surface area contributed by atoms with E-state index in [1.165, 1.54) is 9.13 Å². The van der Waals surface area contributed by atoms with E-state index in [9.17, 15) is 0 Å². The number of nitrogens with one attached hydrogen (secondary N) is 1. The van der Waals surface area contributed by atoms with Crippen LogP contribution in [0.1, 0.15) is 5.56 Å². The molecular formula is C14H10BrIN2. The molecule has 0 amide bonds. The number of fused-ring (bicyclic) bond motifs is 1. The van der Waals surface area contributed by atoms with Gasteiger partial charge in [0, 0.05) is 13.6 Å². The number of hydrogen-bond donors (Lipinski definition) is 1. The SMILES string of the molecule is Cc1cc(Br)cc2[nH]c(-c3ccc(I)cc3)nc12. The highest BCUT2D eigenvalue weighted by Crippen LogP contribution is 2.26. The number of imidazole rings is 1. The molecule has 1 N–H and O–H groups in total. The van der Waals surface area contributed by atoms with Crippen LogP contribution in [0.25, 0.3) is 22.4 Å². The molecule has 18 heavy (non-hydrogen) atoms. The molecule has 3 aromatic rings.